The van der Waals surface area contributed by atoms with Crippen LogP contribution in [0.1, 0.15) is 17.9 Å². The minimum Gasteiger partial charge on any atom is -0.497 e. The van der Waals surface area contributed by atoms with Crippen molar-refractivity contribution in [2.75, 3.05) is 18.2 Å². The third kappa shape index (κ3) is 4.95. The van der Waals surface area contributed by atoms with Gasteiger partial charge in [0.15, 0.2) is 0 Å². The maximum atomic E-state index is 14.2. The molecule has 0 saturated carbocycles. The quantitative estimate of drug-likeness (QED) is 0.759. The van der Waals surface area contributed by atoms with Gasteiger partial charge in [-0.2, -0.15) is 5.26 Å². The highest BCUT2D eigenvalue weighted by Gasteiger charge is 2.31. The first-order chi connectivity index (χ1) is 14.0. The number of methoxy groups -OCH3 is 1. The van der Waals surface area contributed by atoms with E-state index in [0.29, 0.717) is 17.0 Å². The van der Waals surface area contributed by atoms with Gasteiger partial charge in [-0.15, -0.1) is 0 Å². The number of thioether (sulfide) groups is 1. The zero-order valence-electron chi connectivity index (χ0n) is 15.6. The average molecular weight is 411 g/mol. The number of anilines is 1. The van der Waals surface area contributed by atoms with Gasteiger partial charge in [0, 0.05) is 18.0 Å². The highest BCUT2D eigenvalue weighted by atomic mass is 32.2. The molecule has 0 spiro atoms. The molecule has 0 unspecified atom stereocenters. The largest absolute Gasteiger partial charge is 0.497 e. The van der Waals surface area contributed by atoms with Crippen molar-refractivity contribution >= 4 is 29.3 Å². The summed E-state index contributed by atoms with van der Waals surface area (Å²) in [7, 11) is 1.55. The van der Waals surface area contributed by atoms with E-state index >= 15 is 0 Å². The molecular weight excluding hydrogens is 393 g/mol. The number of hydrogen-bond donors (Lipinski definition) is 2. The third-order valence-electron chi connectivity index (χ3n) is 4.36. The van der Waals surface area contributed by atoms with Gasteiger partial charge < -0.3 is 15.4 Å². The fourth-order valence-corrected chi connectivity index (χ4v) is 3.84. The fraction of sp³-hybridized carbons (Fsp3) is 0.190. The van der Waals surface area contributed by atoms with E-state index in [4.69, 9.17) is 4.74 Å². The van der Waals surface area contributed by atoms with Crippen LogP contribution in [-0.2, 0) is 9.59 Å². The van der Waals surface area contributed by atoms with Crippen molar-refractivity contribution in [2.24, 2.45) is 0 Å². The second-order valence-electron chi connectivity index (χ2n) is 6.25. The van der Waals surface area contributed by atoms with Gasteiger partial charge in [-0.1, -0.05) is 30.0 Å². The number of halogens is 1. The fourth-order valence-electron chi connectivity index (χ4n) is 2.97. The van der Waals surface area contributed by atoms with Crippen molar-refractivity contribution in [3.8, 4) is 11.8 Å². The van der Waals surface area contributed by atoms with Crippen LogP contribution in [0.3, 0.4) is 0 Å². The lowest BCUT2D eigenvalue weighted by atomic mass is 9.87. The van der Waals surface area contributed by atoms with Crippen LogP contribution in [0.15, 0.2) is 59.1 Å². The normalized spacial score (nSPS) is 16.0. The number of nitriles is 1. The van der Waals surface area contributed by atoms with E-state index < -0.39 is 11.7 Å². The van der Waals surface area contributed by atoms with E-state index in [9.17, 15) is 19.2 Å². The highest BCUT2D eigenvalue weighted by molar-refractivity contribution is 8.03. The Kier molecular flexibility index (Phi) is 6.52. The van der Waals surface area contributed by atoms with Gasteiger partial charge in [0.25, 0.3) is 0 Å². The Morgan fingerprint density at radius 2 is 2.03 bits per heavy atom. The minimum atomic E-state index is -0.679. The van der Waals surface area contributed by atoms with Crippen LogP contribution in [0, 0.1) is 17.1 Å². The maximum absolute atomic E-state index is 14.2. The topological polar surface area (TPSA) is 91.2 Å². The molecule has 1 aliphatic heterocycles. The number of nitrogens with zero attached hydrogens (tertiary/aromatic N) is 1. The molecule has 8 heteroatoms. The van der Waals surface area contributed by atoms with Crippen LogP contribution in [0.5, 0.6) is 5.75 Å². The number of benzene rings is 2. The molecule has 148 valence electrons. The van der Waals surface area contributed by atoms with E-state index in [1.165, 1.54) is 6.07 Å². The Bertz CT molecular complexity index is 999. The number of amides is 2. The Morgan fingerprint density at radius 3 is 2.69 bits per heavy atom. The van der Waals surface area contributed by atoms with E-state index in [0.717, 1.165) is 11.8 Å². The number of hydrogen-bond acceptors (Lipinski definition) is 5. The summed E-state index contributed by atoms with van der Waals surface area (Å²) in [6.07, 6.45) is -0.0219. The molecule has 2 N–H and O–H groups in total. The van der Waals surface area contributed by atoms with E-state index in [1.54, 1.807) is 49.6 Å². The molecule has 0 bridgehead atoms. The standard InChI is InChI=1S/C21H18FN3O3S/c1-28-14-8-6-13(7-9-14)24-20(27)12-29-21-17(11-23)16(10-19(26)25-21)15-4-2-3-5-18(15)22/h2-9,16H,10,12H2,1H3,(H,24,27)(H,25,26)/t16-/m1/s1. The molecule has 1 atom stereocenters. The molecule has 0 fully saturated rings. The molecule has 0 saturated heterocycles. The number of rotatable bonds is 6. The van der Waals surface area contributed by atoms with Crippen LogP contribution in [0.4, 0.5) is 10.1 Å². The third-order valence-corrected chi connectivity index (χ3v) is 5.38. The summed E-state index contributed by atoms with van der Waals surface area (Å²) in [5.41, 5.74) is 1.14. The Morgan fingerprint density at radius 1 is 1.31 bits per heavy atom. The Balaban J connectivity index is 1.73. The maximum Gasteiger partial charge on any atom is 0.234 e. The summed E-state index contributed by atoms with van der Waals surface area (Å²) in [5, 5.41) is 15.3. The molecule has 0 aliphatic carbocycles. The number of carbonyl (C=O) groups excluding carboxylic acids is 2. The summed E-state index contributed by atoms with van der Waals surface area (Å²) >= 11 is 1.04. The summed E-state index contributed by atoms with van der Waals surface area (Å²) in [4.78, 5) is 24.4. The van der Waals surface area contributed by atoms with Crippen LogP contribution < -0.4 is 15.4 Å². The van der Waals surface area contributed by atoms with Crippen molar-refractivity contribution in [2.45, 2.75) is 12.3 Å². The molecule has 3 rings (SSSR count). The first-order valence-electron chi connectivity index (χ1n) is 8.77. The molecule has 0 aromatic heterocycles. The lowest BCUT2D eigenvalue weighted by molar-refractivity contribution is -0.121. The van der Waals surface area contributed by atoms with Gasteiger partial charge >= 0.3 is 0 Å². The van der Waals surface area contributed by atoms with E-state index in [1.807, 2.05) is 0 Å². The van der Waals surface area contributed by atoms with Crippen molar-refractivity contribution < 1.29 is 18.7 Å². The first kappa shape index (κ1) is 20.4. The van der Waals surface area contributed by atoms with Gasteiger partial charge in [0.2, 0.25) is 11.8 Å². The Hall–Kier alpha value is -3.31. The number of allylic oxidation sites excluding steroid dienone is 1. The van der Waals surface area contributed by atoms with Crippen molar-refractivity contribution in [3.05, 3.63) is 70.5 Å². The monoisotopic (exact) mass is 411 g/mol. The van der Waals surface area contributed by atoms with Crippen molar-refractivity contribution in [3.63, 3.8) is 0 Å². The van der Waals surface area contributed by atoms with Crippen LogP contribution in [0.2, 0.25) is 0 Å². The molecular formula is C21H18FN3O3S. The molecule has 2 amide bonds. The van der Waals surface area contributed by atoms with Gasteiger partial charge in [-0.25, -0.2) is 4.39 Å². The predicted octanol–water partition coefficient (Wildman–Crippen LogP) is 3.54. The molecule has 1 heterocycles. The first-order valence-corrected chi connectivity index (χ1v) is 9.75. The van der Waals surface area contributed by atoms with Crippen molar-refractivity contribution in [1.82, 2.24) is 5.32 Å². The summed E-state index contributed by atoms with van der Waals surface area (Å²) in [6, 6.07) is 15.0. The summed E-state index contributed by atoms with van der Waals surface area (Å²) in [6.45, 7) is 0. The molecule has 2 aromatic carbocycles. The number of carbonyl (C=O) groups is 2. The smallest absolute Gasteiger partial charge is 0.234 e. The second kappa shape index (κ2) is 9.26. The Labute approximate surface area is 171 Å². The average Bonchev–Trinajstić information content (AvgIpc) is 2.72. The lowest BCUT2D eigenvalue weighted by Gasteiger charge is -2.25. The second-order valence-corrected chi connectivity index (χ2v) is 7.23. The van der Waals surface area contributed by atoms with Crippen LogP contribution >= 0.6 is 11.8 Å². The SMILES string of the molecule is COc1ccc(NC(=O)CSC2=C(C#N)[C@@H](c3ccccc3F)CC(=O)N2)cc1. The van der Waals surface area contributed by atoms with Crippen LogP contribution in [-0.4, -0.2) is 24.7 Å². The van der Waals surface area contributed by atoms with Crippen molar-refractivity contribution in [1.29, 1.82) is 5.26 Å². The zero-order chi connectivity index (χ0) is 20.8. The molecule has 1 aliphatic rings. The molecule has 0 radical (unpaired) electrons. The lowest BCUT2D eigenvalue weighted by Crippen LogP contribution is -2.31. The summed E-state index contributed by atoms with van der Waals surface area (Å²) < 4.78 is 19.3. The summed E-state index contributed by atoms with van der Waals surface area (Å²) in [5.74, 6) is -1.12. The highest BCUT2D eigenvalue weighted by Crippen LogP contribution is 2.36. The van der Waals surface area contributed by atoms with Gasteiger partial charge in [-0.3, -0.25) is 9.59 Å². The van der Waals surface area contributed by atoms with Crippen LogP contribution in [0.25, 0.3) is 0 Å². The molecule has 2 aromatic rings. The number of nitrogens with one attached hydrogen (secondary N) is 2. The van der Waals surface area contributed by atoms with Gasteiger partial charge in [-0.05, 0) is 35.9 Å². The minimum absolute atomic E-state index is 0.0170. The zero-order valence-corrected chi connectivity index (χ0v) is 16.4. The molecule has 6 nitrogen and oxygen atoms in total. The van der Waals surface area contributed by atoms with Gasteiger partial charge in [0.1, 0.15) is 11.6 Å². The molecule has 29 heavy (non-hydrogen) atoms. The van der Waals surface area contributed by atoms with Gasteiger partial charge in [0.05, 0.1) is 29.5 Å². The van der Waals surface area contributed by atoms with E-state index in [2.05, 4.69) is 16.7 Å². The number of ether oxygens (including phenoxy) is 1. The van der Waals surface area contributed by atoms with E-state index in [-0.39, 0.29) is 34.6 Å². The predicted molar refractivity (Wildman–Crippen MR) is 109 cm³/mol.